The number of benzene rings is 1. The quantitative estimate of drug-likeness (QED) is 0.881. The monoisotopic (exact) mass is 341 g/mol. The van der Waals surface area contributed by atoms with Gasteiger partial charge in [-0.05, 0) is 35.0 Å². The summed E-state index contributed by atoms with van der Waals surface area (Å²) in [6.07, 6.45) is 1.23. The third-order valence-electron chi connectivity index (χ3n) is 2.37. The number of nitrogens with one attached hydrogen (secondary N) is 2. The number of nitrogens with zero attached hydrogens (tertiary/aromatic N) is 1. The molecule has 1 heterocycles. The van der Waals surface area contributed by atoms with Crippen molar-refractivity contribution in [2.24, 2.45) is 0 Å². The van der Waals surface area contributed by atoms with E-state index in [-0.39, 0.29) is 5.56 Å². The predicted molar refractivity (Wildman–Crippen MR) is 76.7 cm³/mol. The summed E-state index contributed by atoms with van der Waals surface area (Å²) in [5.74, 6) is -0.122. The number of para-hydroxylation sites is 1. The fourth-order valence-corrected chi connectivity index (χ4v) is 2.25. The summed E-state index contributed by atoms with van der Waals surface area (Å²) in [6, 6.07) is 5.11. The van der Waals surface area contributed by atoms with E-state index in [1.165, 1.54) is 6.20 Å². The summed E-state index contributed by atoms with van der Waals surface area (Å²) in [4.78, 5) is 30.0. The molecule has 0 radical (unpaired) electrons. The van der Waals surface area contributed by atoms with Crippen molar-refractivity contribution in [2.45, 2.75) is 6.92 Å². The predicted octanol–water partition coefficient (Wildman–Crippen LogP) is 2.75. The van der Waals surface area contributed by atoms with Gasteiger partial charge in [0.15, 0.2) is 0 Å². The summed E-state index contributed by atoms with van der Waals surface area (Å²) in [5, 5.41) is 2.95. The second-order valence-corrected chi connectivity index (χ2v) is 5.02. The molecule has 0 spiro atoms. The Kier molecular flexibility index (Phi) is 4.01. The number of rotatable bonds is 2. The standard InChI is InChI=1S/C12H9BrClN3O2/c1-6-15-5-7(11(18)16-6)12(19)17-10-8(13)3-2-4-9(10)14/h2-5H,1H3,(H,17,19)(H,15,16,18). The summed E-state index contributed by atoms with van der Waals surface area (Å²) in [5.41, 5.74) is -0.153. The van der Waals surface area contributed by atoms with Crippen LogP contribution in [0.15, 0.2) is 33.7 Å². The van der Waals surface area contributed by atoms with Crippen molar-refractivity contribution in [3.05, 3.63) is 55.6 Å². The number of aromatic amines is 1. The van der Waals surface area contributed by atoms with Crippen molar-refractivity contribution in [3.8, 4) is 0 Å². The number of carbonyl (C=O) groups excluding carboxylic acids is 1. The van der Waals surface area contributed by atoms with Crippen LogP contribution in [-0.2, 0) is 0 Å². The zero-order chi connectivity index (χ0) is 14.0. The van der Waals surface area contributed by atoms with E-state index in [9.17, 15) is 9.59 Å². The molecule has 0 bridgehead atoms. The number of aryl methyl sites for hydroxylation is 1. The second-order valence-electron chi connectivity index (χ2n) is 3.76. The van der Waals surface area contributed by atoms with Gasteiger partial charge in [-0.3, -0.25) is 9.59 Å². The largest absolute Gasteiger partial charge is 0.319 e. The van der Waals surface area contributed by atoms with Crippen molar-refractivity contribution in [3.63, 3.8) is 0 Å². The van der Waals surface area contributed by atoms with Gasteiger partial charge in [0.05, 0.1) is 10.7 Å². The van der Waals surface area contributed by atoms with Crippen molar-refractivity contribution < 1.29 is 4.79 Å². The summed E-state index contributed by atoms with van der Waals surface area (Å²) < 4.78 is 0.629. The first-order chi connectivity index (χ1) is 8.99. The number of halogens is 2. The lowest BCUT2D eigenvalue weighted by Crippen LogP contribution is -2.24. The number of hydrogen-bond acceptors (Lipinski definition) is 3. The van der Waals surface area contributed by atoms with Gasteiger partial charge < -0.3 is 10.3 Å². The van der Waals surface area contributed by atoms with Crippen molar-refractivity contribution in [1.82, 2.24) is 9.97 Å². The first kappa shape index (κ1) is 13.8. The van der Waals surface area contributed by atoms with E-state index in [1.807, 2.05) is 0 Å². The molecular formula is C12H9BrClN3O2. The molecule has 0 saturated carbocycles. The van der Waals surface area contributed by atoms with Crippen LogP contribution in [0.1, 0.15) is 16.2 Å². The van der Waals surface area contributed by atoms with E-state index in [1.54, 1.807) is 25.1 Å². The van der Waals surface area contributed by atoms with Crippen LogP contribution in [-0.4, -0.2) is 15.9 Å². The Morgan fingerprint density at radius 3 is 2.84 bits per heavy atom. The Hall–Kier alpha value is -1.66. The van der Waals surface area contributed by atoms with Crippen LogP contribution in [0.5, 0.6) is 0 Å². The van der Waals surface area contributed by atoms with Gasteiger partial charge >= 0.3 is 0 Å². The molecule has 19 heavy (non-hydrogen) atoms. The van der Waals surface area contributed by atoms with Crippen LogP contribution in [0, 0.1) is 6.92 Å². The average molecular weight is 343 g/mol. The SMILES string of the molecule is Cc1ncc(C(=O)Nc2c(Cl)cccc2Br)c(=O)[nH]1. The number of aromatic nitrogens is 2. The Morgan fingerprint density at radius 1 is 1.47 bits per heavy atom. The Morgan fingerprint density at radius 2 is 2.21 bits per heavy atom. The minimum absolute atomic E-state index is 0.0718. The van der Waals surface area contributed by atoms with Gasteiger partial charge in [0.1, 0.15) is 11.4 Å². The molecule has 2 aromatic rings. The Balaban J connectivity index is 2.34. The lowest BCUT2D eigenvalue weighted by molar-refractivity contribution is 0.102. The minimum atomic E-state index is -0.567. The highest BCUT2D eigenvalue weighted by atomic mass is 79.9. The summed E-state index contributed by atoms with van der Waals surface area (Å²) >= 11 is 9.26. The summed E-state index contributed by atoms with van der Waals surface area (Å²) in [7, 11) is 0. The molecule has 0 saturated heterocycles. The highest BCUT2D eigenvalue weighted by molar-refractivity contribution is 9.10. The fourth-order valence-electron chi connectivity index (χ4n) is 1.44. The lowest BCUT2D eigenvalue weighted by Gasteiger charge is -2.08. The van der Waals surface area contributed by atoms with Gasteiger partial charge in [0.2, 0.25) is 0 Å². The first-order valence-electron chi connectivity index (χ1n) is 5.30. The minimum Gasteiger partial charge on any atom is -0.319 e. The van der Waals surface area contributed by atoms with Gasteiger partial charge in [-0.15, -0.1) is 0 Å². The van der Waals surface area contributed by atoms with Crippen LogP contribution in [0.3, 0.4) is 0 Å². The van der Waals surface area contributed by atoms with E-state index < -0.39 is 11.5 Å². The van der Waals surface area contributed by atoms with Crippen LogP contribution in [0.2, 0.25) is 5.02 Å². The maximum Gasteiger partial charge on any atom is 0.263 e. The van der Waals surface area contributed by atoms with Gasteiger partial charge in [-0.1, -0.05) is 17.7 Å². The van der Waals surface area contributed by atoms with Gasteiger partial charge in [-0.25, -0.2) is 4.98 Å². The molecule has 0 unspecified atom stereocenters. The normalized spacial score (nSPS) is 10.3. The third kappa shape index (κ3) is 3.02. The van der Waals surface area contributed by atoms with Crippen LogP contribution < -0.4 is 10.9 Å². The topological polar surface area (TPSA) is 74.8 Å². The molecule has 2 N–H and O–H groups in total. The number of amides is 1. The molecule has 2 rings (SSSR count). The molecule has 1 amide bonds. The fraction of sp³-hybridized carbons (Fsp3) is 0.0833. The Bertz CT molecular complexity index is 679. The second kappa shape index (κ2) is 5.54. The van der Waals surface area contributed by atoms with Crippen molar-refractivity contribution in [2.75, 3.05) is 5.32 Å². The number of hydrogen-bond donors (Lipinski definition) is 2. The molecule has 0 aliphatic carbocycles. The van der Waals surface area contributed by atoms with Crippen molar-refractivity contribution in [1.29, 1.82) is 0 Å². The highest BCUT2D eigenvalue weighted by Gasteiger charge is 2.14. The molecule has 1 aromatic heterocycles. The lowest BCUT2D eigenvalue weighted by atomic mass is 10.2. The van der Waals surface area contributed by atoms with E-state index in [4.69, 9.17) is 11.6 Å². The smallest absolute Gasteiger partial charge is 0.263 e. The molecule has 1 aromatic carbocycles. The number of carbonyl (C=O) groups is 1. The molecule has 0 aliphatic rings. The van der Waals surface area contributed by atoms with Crippen LogP contribution >= 0.6 is 27.5 Å². The highest BCUT2D eigenvalue weighted by Crippen LogP contribution is 2.30. The van der Waals surface area contributed by atoms with Crippen LogP contribution in [0.4, 0.5) is 5.69 Å². The molecule has 0 aliphatic heterocycles. The van der Waals surface area contributed by atoms with Crippen LogP contribution in [0.25, 0.3) is 0 Å². The molecular weight excluding hydrogens is 334 g/mol. The molecule has 0 atom stereocenters. The molecule has 0 fully saturated rings. The van der Waals surface area contributed by atoms with E-state index in [0.717, 1.165) is 0 Å². The molecule has 7 heteroatoms. The van der Waals surface area contributed by atoms with Gasteiger partial charge in [-0.2, -0.15) is 0 Å². The van der Waals surface area contributed by atoms with Gasteiger partial charge in [0.25, 0.3) is 11.5 Å². The third-order valence-corrected chi connectivity index (χ3v) is 3.35. The number of H-pyrrole nitrogens is 1. The zero-order valence-corrected chi connectivity index (χ0v) is 12.2. The summed E-state index contributed by atoms with van der Waals surface area (Å²) in [6.45, 7) is 1.63. The maximum atomic E-state index is 12.0. The number of anilines is 1. The first-order valence-corrected chi connectivity index (χ1v) is 6.47. The van der Waals surface area contributed by atoms with Gasteiger partial charge in [0, 0.05) is 10.7 Å². The molecule has 5 nitrogen and oxygen atoms in total. The average Bonchev–Trinajstić information content (AvgIpc) is 2.33. The van der Waals surface area contributed by atoms with E-state index in [2.05, 4.69) is 31.2 Å². The molecule has 98 valence electrons. The van der Waals surface area contributed by atoms with E-state index >= 15 is 0 Å². The van der Waals surface area contributed by atoms with E-state index in [0.29, 0.717) is 21.0 Å². The Labute approximate surface area is 122 Å². The van der Waals surface area contributed by atoms with Crippen molar-refractivity contribution >= 4 is 39.1 Å². The maximum absolute atomic E-state index is 12.0. The zero-order valence-electron chi connectivity index (χ0n) is 9.83.